The molecule has 0 radical (unpaired) electrons. The van der Waals surface area contributed by atoms with Gasteiger partial charge in [-0.3, -0.25) is 4.79 Å². The molecule has 0 aromatic heterocycles. The number of halogens is 2. The minimum atomic E-state index is -0.549. The van der Waals surface area contributed by atoms with Crippen LogP contribution in [0.15, 0.2) is 42.5 Å². The molecule has 132 valence electrons. The van der Waals surface area contributed by atoms with E-state index in [1.807, 2.05) is 12.1 Å². The maximum atomic E-state index is 12.3. The highest BCUT2D eigenvalue weighted by Crippen LogP contribution is 2.27. The molecular formula is C18H18Cl2N2O3. The van der Waals surface area contributed by atoms with Crippen LogP contribution in [0, 0.1) is 0 Å². The number of rotatable bonds is 5. The zero-order chi connectivity index (χ0) is 17.8. The van der Waals surface area contributed by atoms with Crippen molar-refractivity contribution in [1.29, 1.82) is 0 Å². The normalized spacial score (nSPS) is 17.6. The van der Waals surface area contributed by atoms with E-state index in [2.05, 4.69) is 5.32 Å². The van der Waals surface area contributed by atoms with Gasteiger partial charge in [-0.25, -0.2) is 0 Å². The molecule has 2 N–H and O–H groups in total. The summed E-state index contributed by atoms with van der Waals surface area (Å²) >= 11 is 12.3. The Kier molecular flexibility index (Phi) is 5.81. The first kappa shape index (κ1) is 18.0. The molecule has 0 saturated carbocycles. The Morgan fingerprint density at radius 3 is 2.48 bits per heavy atom. The average molecular weight is 381 g/mol. The number of carbonyl (C=O) groups excluding carboxylic acids is 1. The molecule has 7 heteroatoms. The second kappa shape index (κ2) is 8.06. The summed E-state index contributed by atoms with van der Waals surface area (Å²) in [6.45, 7) is 1.25. The van der Waals surface area contributed by atoms with Crippen LogP contribution in [0.2, 0.25) is 10.0 Å². The zero-order valence-electron chi connectivity index (χ0n) is 13.4. The lowest BCUT2D eigenvalue weighted by Crippen LogP contribution is -2.56. The molecule has 1 fully saturated rings. The van der Waals surface area contributed by atoms with E-state index in [4.69, 9.17) is 27.9 Å². The molecule has 0 spiro atoms. The van der Waals surface area contributed by atoms with E-state index in [1.165, 1.54) is 0 Å². The van der Waals surface area contributed by atoms with Gasteiger partial charge in [0, 0.05) is 34.4 Å². The van der Waals surface area contributed by atoms with Gasteiger partial charge in [0.2, 0.25) is 5.91 Å². The first-order valence-corrected chi connectivity index (χ1v) is 8.67. The number of ether oxygens (including phenoxy) is 1. The quantitative estimate of drug-likeness (QED) is 0.836. The summed E-state index contributed by atoms with van der Waals surface area (Å²) in [7, 11) is 0. The van der Waals surface area contributed by atoms with Gasteiger partial charge in [0.25, 0.3) is 0 Å². The highest BCUT2D eigenvalue weighted by Gasteiger charge is 2.28. The Morgan fingerprint density at radius 2 is 1.84 bits per heavy atom. The van der Waals surface area contributed by atoms with Crippen molar-refractivity contribution in [3.63, 3.8) is 0 Å². The minimum absolute atomic E-state index is 0.134. The van der Waals surface area contributed by atoms with Crippen LogP contribution in [0.3, 0.4) is 0 Å². The SMILES string of the molecule is O=C1C(CO)NCCN1c1ccc(OCc2c(Cl)cccc2Cl)cc1. The Hall–Kier alpha value is -1.79. The lowest BCUT2D eigenvalue weighted by atomic mass is 10.1. The van der Waals surface area contributed by atoms with E-state index >= 15 is 0 Å². The number of benzene rings is 2. The summed E-state index contributed by atoms with van der Waals surface area (Å²) < 4.78 is 5.74. The Morgan fingerprint density at radius 1 is 1.16 bits per heavy atom. The summed E-state index contributed by atoms with van der Waals surface area (Å²) in [5.74, 6) is 0.520. The number of anilines is 1. The second-order valence-corrected chi connectivity index (χ2v) is 6.48. The predicted molar refractivity (Wildman–Crippen MR) is 98.5 cm³/mol. The number of aliphatic hydroxyl groups is 1. The van der Waals surface area contributed by atoms with Gasteiger partial charge in [0.05, 0.1) is 6.61 Å². The number of amides is 1. The molecule has 1 aliphatic heterocycles. The number of hydrogen-bond donors (Lipinski definition) is 2. The first-order valence-electron chi connectivity index (χ1n) is 7.91. The first-order chi connectivity index (χ1) is 12.1. The van der Waals surface area contributed by atoms with Crippen LogP contribution in [-0.2, 0) is 11.4 Å². The van der Waals surface area contributed by atoms with Crippen molar-refractivity contribution in [2.45, 2.75) is 12.6 Å². The minimum Gasteiger partial charge on any atom is -0.489 e. The fraction of sp³-hybridized carbons (Fsp3) is 0.278. The Labute approximate surface area is 156 Å². The van der Waals surface area contributed by atoms with Gasteiger partial charge in [0.1, 0.15) is 18.4 Å². The van der Waals surface area contributed by atoms with Crippen LogP contribution in [-0.4, -0.2) is 36.8 Å². The van der Waals surface area contributed by atoms with Crippen LogP contribution in [0.25, 0.3) is 0 Å². The van der Waals surface area contributed by atoms with E-state index in [-0.39, 0.29) is 19.1 Å². The van der Waals surface area contributed by atoms with Crippen molar-refractivity contribution < 1.29 is 14.6 Å². The van der Waals surface area contributed by atoms with Gasteiger partial charge in [0.15, 0.2) is 0 Å². The third-order valence-electron chi connectivity index (χ3n) is 4.07. The van der Waals surface area contributed by atoms with Gasteiger partial charge in [-0.15, -0.1) is 0 Å². The highest BCUT2D eigenvalue weighted by molar-refractivity contribution is 6.35. The molecule has 25 heavy (non-hydrogen) atoms. The second-order valence-electron chi connectivity index (χ2n) is 5.66. The van der Waals surface area contributed by atoms with Gasteiger partial charge < -0.3 is 20.1 Å². The smallest absolute Gasteiger partial charge is 0.246 e. The van der Waals surface area contributed by atoms with E-state index < -0.39 is 6.04 Å². The molecule has 5 nitrogen and oxygen atoms in total. The molecule has 1 aliphatic rings. The molecule has 1 heterocycles. The fourth-order valence-electron chi connectivity index (χ4n) is 2.68. The molecule has 1 saturated heterocycles. The van der Waals surface area contributed by atoms with E-state index in [1.54, 1.807) is 35.2 Å². The van der Waals surface area contributed by atoms with Crippen molar-refractivity contribution in [2.75, 3.05) is 24.6 Å². The van der Waals surface area contributed by atoms with Crippen LogP contribution in [0.4, 0.5) is 5.69 Å². The van der Waals surface area contributed by atoms with Gasteiger partial charge in [-0.2, -0.15) is 0 Å². The predicted octanol–water partition coefficient (Wildman–Crippen LogP) is 2.87. The van der Waals surface area contributed by atoms with Crippen molar-refractivity contribution in [2.24, 2.45) is 0 Å². The van der Waals surface area contributed by atoms with E-state index in [0.29, 0.717) is 28.9 Å². The maximum Gasteiger partial charge on any atom is 0.246 e. The standard InChI is InChI=1S/C18H18Cl2N2O3/c19-15-2-1-3-16(20)14(15)11-25-13-6-4-12(5-7-13)22-9-8-21-17(10-23)18(22)24/h1-7,17,21,23H,8-11H2. The van der Waals surface area contributed by atoms with Gasteiger partial charge in [-0.1, -0.05) is 29.3 Å². The summed E-state index contributed by atoms with van der Waals surface area (Å²) in [5.41, 5.74) is 1.51. The molecule has 1 atom stereocenters. The Balaban J connectivity index is 1.67. The Bertz CT molecular complexity index is 732. The number of nitrogens with zero attached hydrogens (tertiary/aromatic N) is 1. The molecule has 1 unspecified atom stereocenters. The largest absolute Gasteiger partial charge is 0.489 e. The monoisotopic (exact) mass is 380 g/mol. The summed E-state index contributed by atoms with van der Waals surface area (Å²) in [4.78, 5) is 13.9. The maximum absolute atomic E-state index is 12.3. The zero-order valence-corrected chi connectivity index (χ0v) is 14.9. The van der Waals surface area contributed by atoms with Crippen molar-refractivity contribution in [1.82, 2.24) is 5.32 Å². The lowest BCUT2D eigenvalue weighted by Gasteiger charge is -2.32. The number of hydrogen-bond acceptors (Lipinski definition) is 4. The topological polar surface area (TPSA) is 61.8 Å². The average Bonchev–Trinajstić information content (AvgIpc) is 2.62. The summed E-state index contributed by atoms with van der Waals surface area (Å²) in [5, 5.41) is 13.4. The van der Waals surface area contributed by atoms with Gasteiger partial charge in [-0.05, 0) is 36.4 Å². The highest BCUT2D eigenvalue weighted by atomic mass is 35.5. The molecule has 0 bridgehead atoms. The molecule has 0 aliphatic carbocycles. The van der Waals surface area contributed by atoms with Crippen LogP contribution >= 0.6 is 23.2 Å². The number of nitrogens with one attached hydrogen (secondary N) is 1. The van der Waals surface area contributed by atoms with Crippen molar-refractivity contribution >= 4 is 34.8 Å². The van der Waals surface area contributed by atoms with Crippen molar-refractivity contribution in [3.8, 4) is 5.75 Å². The molecule has 2 aromatic carbocycles. The summed E-state index contributed by atoms with van der Waals surface area (Å²) in [6.07, 6.45) is 0. The van der Waals surface area contributed by atoms with E-state index in [0.717, 1.165) is 11.3 Å². The third kappa shape index (κ3) is 4.07. The molecule has 1 amide bonds. The van der Waals surface area contributed by atoms with Gasteiger partial charge >= 0.3 is 0 Å². The third-order valence-corrected chi connectivity index (χ3v) is 4.77. The molecular weight excluding hydrogens is 363 g/mol. The van der Waals surface area contributed by atoms with Crippen LogP contribution in [0.5, 0.6) is 5.75 Å². The van der Waals surface area contributed by atoms with Crippen LogP contribution < -0.4 is 15.0 Å². The van der Waals surface area contributed by atoms with E-state index in [9.17, 15) is 9.90 Å². The number of piperazine rings is 1. The fourth-order valence-corrected chi connectivity index (χ4v) is 3.19. The van der Waals surface area contributed by atoms with Crippen molar-refractivity contribution in [3.05, 3.63) is 58.1 Å². The number of carbonyl (C=O) groups is 1. The lowest BCUT2D eigenvalue weighted by molar-refractivity contribution is -0.122. The molecule has 2 aromatic rings. The van der Waals surface area contributed by atoms with Crippen LogP contribution in [0.1, 0.15) is 5.56 Å². The summed E-state index contributed by atoms with van der Waals surface area (Å²) in [6, 6.07) is 12.0. The molecule has 3 rings (SSSR count). The number of aliphatic hydroxyl groups excluding tert-OH is 1.